The predicted molar refractivity (Wildman–Crippen MR) is 88.6 cm³/mol. The van der Waals surface area contributed by atoms with Gasteiger partial charge in [0.15, 0.2) is 5.78 Å². The second kappa shape index (κ2) is 6.92. The molecule has 4 nitrogen and oxygen atoms in total. The molecule has 1 aliphatic heterocycles. The van der Waals surface area contributed by atoms with E-state index < -0.39 is 0 Å². The highest BCUT2D eigenvalue weighted by atomic mass is 35.5. The first-order valence-corrected chi connectivity index (χ1v) is 8.02. The van der Waals surface area contributed by atoms with Crippen LogP contribution in [0.3, 0.4) is 0 Å². The lowest BCUT2D eigenvalue weighted by Gasteiger charge is -2.32. The Labute approximate surface area is 140 Å². The fourth-order valence-electron chi connectivity index (χ4n) is 2.90. The number of halogens is 1. The fourth-order valence-corrected chi connectivity index (χ4v) is 3.03. The maximum absolute atomic E-state index is 12.6. The Morgan fingerprint density at radius 3 is 2.43 bits per heavy atom. The normalized spacial score (nSPS) is 17.8. The van der Waals surface area contributed by atoms with Crippen LogP contribution in [0.2, 0.25) is 5.02 Å². The first-order chi connectivity index (χ1) is 11.1. The van der Waals surface area contributed by atoms with E-state index in [2.05, 4.69) is 4.98 Å². The van der Waals surface area contributed by atoms with Gasteiger partial charge in [-0.1, -0.05) is 11.6 Å². The molecule has 1 saturated heterocycles. The summed E-state index contributed by atoms with van der Waals surface area (Å²) in [6.45, 7) is 1.15. The van der Waals surface area contributed by atoms with Crippen molar-refractivity contribution in [1.29, 1.82) is 0 Å². The molecule has 0 spiro atoms. The SMILES string of the molecule is O=C(c1ccc(Cl)cc1)C1CCCN(C(=O)c2ccncc2)C1. The molecule has 118 valence electrons. The predicted octanol–water partition coefficient (Wildman–Crippen LogP) is 3.47. The van der Waals surface area contributed by atoms with Crippen molar-refractivity contribution >= 4 is 23.3 Å². The van der Waals surface area contributed by atoms with Gasteiger partial charge in [0, 0.05) is 47.6 Å². The van der Waals surface area contributed by atoms with Crippen molar-refractivity contribution < 1.29 is 9.59 Å². The highest BCUT2D eigenvalue weighted by molar-refractivity contribution is 6.30. The molecule has 1 fully saturated rings. The van der Waals surface area contributed by atoms with Crippen molar-refractivity contribution in [3.63, 3.8) is 0 Å². The molecule has 3 rings (SSSR count). The summed E-state index contributed by atoms with van der Waals surface area (Å²) in [4.78, 5) is 30.8. The zero-order valence-electron chi connectivity index (χ0n) is 12.6. The second-order valence-corrected chi connectivity index (χ2v) is 6.13. The number of aromatic nitrogens is 1. The summed E-state index contributed by atoms with van der Waals surface area (Å²) in [5, 5.41) is 0.611. The number of amides is 1. The van der Waals surface area contributed by atoms with Gasteiger partial charge < -0.3 is 4.90 Å². The molecule has 23 heavy (non-hydrogen) atoms. The lowest BCUT2D eigenvalue weighted by Crippen LogP contribution is -2.42. The number of nitrogens with zero attached hydrogens (tertiary/aromatic N) is 2. The zero-order chi connectivity index (χ0) is 16.2. The quantitative estimate of drug-likeness (QED) is 0.811. The maximum Gasteiger partial charge on any atom is 0.253 e. The number of rotatable bonds is 3. The Morgan fingerprint density at radius 2 is 1.74 bits per heavy atom. The van der Waals surface area contributed by atoms with E-state index in [1.54, 1.807) is 53.7 Å². The average molecular weight is 329 g/mol. The summed E-state index contributed by atoms with van der Waals surface area (Å²) < 4.78 is 0. The van der Waals surface area contributed by atoms with E-state index in [9.17, 15) is 9.59 Å². The smallest absolute Gasteiger partial charge is 0.253 e. The summed E-state index contributed by atoms with van der Waals surface area (Å²) in [6.07, 6.45) is 4.85. The molecule has 0 saturated carbocycles. The topological polar surface area (TPSA) is 50.3 Å². The van der Waals surface area contributed by atoms with Crippen molar-refractivity contribution in [3.8, 4) is 0 Å². The Balaban J connectivity index is 1.72. The van der Waals surface area contributed by atoms with Crippen molar-refractivity contribution in [2.75, 3.05) is 13.1 Å². The maximum atomic E-state index is 12.6. The third kappa shape index (κ3) is 3.59. The van der Waals surface area contributed by atoms with Gasteiger partial charge in [-0.2, -0.15) is 0 Å². The first kappa shape index (κ1) is 15.7. The van der Waals surface area contributed by atoms with Crippen LogP contribution < -0.4 is 0 Å². The Kier molecular flexibility index (Phi) is 4.72. The van der Waals surface area contributed by atoms with E-state index in [0.29, 0.717) is 29.2 Å². The molecule has 1 aliphatic rings. The Morgan fingerprint density at radius 1 is 1.04 bits per heavy atom. The Hall–Kier alpha value is -2.20. The van der Waals surface area contributed by atoms with Crippen LogP contribution in [0.4, 0.5) is 0 Å². The number of hydrogen-bond donors (Lipinski definition) is 0. The summed E-state index contributed by atoms with van der Waals surface area (Å²) in [5.41, 5.74) is 1.26. The third-order valence-electron chi connectivity index (χ3n) is 4.14. The van der Waals surface area contributed by atoms with Crippen molar-refractivity contribution in [1.82, 2.24) is 9.88 Å². The summed E-state index contributed by atoms with van der Waals surface area (Å²) in [7, 11) is 0. The van der Waals surface area contributed by atoms with Crippen molar-refractivity contribution in [2.45, 2.75) is 12.8 Å². The summed E-state index contributed by atoms with van der Waals surface area (Å²) in [6, 6.07) is 10.3. The van der Waals surface area contributed by atoms with Crippen LogP contribution in [0, 0.1) is 5.92 Å². The zero-order valence-corrected chi connectivity index (χ0v) is 13.4. The Bertz CT molecular complexity index is 701. The molecule has 0 N–H and O–H groups in total. The van der Waals surface area contributed by atoms with Crippen LogP contribution in [0.25, 0.3) is 0 Å². The minimum absolute atomic E-state index is 0.0407. The number of carbonyl (C=O) groups excluding carboxylic acids is 2. The number of hydrogen-bond acceptors (Lipinski definition) is 3. The van der Waals surface area contributed by atoms with Gasteiger partial charge in [0.25, 0.3) is 5.91 Å². The fraction of sp³-hybridized carbons (Fsp3) is 0.278. The molecule has 0 aliphatic carbocycles. The van der Waals surface area contributed by atoms with Gasteiger partial charge in [-0.25, -0.2) is 0 Å². The van der Waals surface area contributed by atoms with Crippen LogP contribution >= 0.6 is 11.6 Å². The minimum Gasteiger partial charge on any atom is -0.338 e. The molecule has 0 radical (unpaired) electrons. The van der Waals surface area contributed by atoms with Gasteiger partial charge in [-0.05, 0) is 49.2 Å². The van der Waals surface area contributed by atoms with E-state index in [0.717, 1.165) is 12.8 Å². The standard InChI is InChI=1S/C18H17ClN2O2/c19-16-5-3-13(4-6-16)17(22)15-2-1-11-21(12-15)18(23)14-7-9-20-10-8-14/h3-10,15H,1-2,11-12H2. The average Bonchev–Trinajstić information content (AvgIpc) is 2.62. The second-order valence-electron chi connectivity index (χ2n) is 5.70. The molecule has 1 atom stereocenters. The molecule has 2 aromatic rings. The number of benzene rings is 1. The molecule has 1 amide bonds. The van der Waals surface area contributed by atoms with Crippen LogP contribution in [-0.4, -0.2) is 34.7 Å². The van der Waals surface area contributed by atoms with Gasteiger partial charge in [0.2, 0.25) is 0 Å². The summed E-state index contributed by atoms with van der Waals surface area (Å²) in [5.74, 6) is -0.120. The van der Waals surface area contributed by atoms with Crippen LogP contribution in [-0.2, 0) is 0 Å². The van der Waals surface area contributed by atoms with E-state index in [1.807, 2.05) is 0 Å². The molecule has 5 heteroatoms. The number of pyridine rings is 1. The molecular weight excluding hydrogens is 312 g/mol. The van der Waals surface area contributed by atoms with Crippen LogP contribution in [0.5, 0.6) is 0 Å². The first-order valence-electron chi connectivity index (χ1n) is 7.64. The van der Waals surface area contributed by atoms with Gasteiger partial charge in [-0.3, -0.25) is 14.6 Å². The molecular formula is C18H17ClN2O2. The largest absolute Gasteiger partial charge is 0.338 e. The van der Waals surface area contributed by atoms with Crippen molar-refractivity contribution in [2.24, 2.45) is 5.92 Å². The number of piperidine rings is 1. The van der Waals surface area contributed by atoms with E-state index in [1.165, 1.54) is 0 Å². The van der Waals surface area contributed by atoms with E-state index in [4.69, 9.17) is 11.6 Å². The molecule has 1 aromatic heterocycles. The van der Waals surface area contributed by atoms with Gasteiger partial charge in [0.1, 0.15) is 0 Å². The lowest BCUT2D eigenvalue weighted by molar-refractivity contribution is 0.0637. The molecule has 1 unspecified atom stereocenters. The monoisotopic (exact) mass is 328 g/mol. The van der Waals surface area contributed by atoms with Crippen molar-refractivity contribution in [3.05, 3.63) is 64.9 Å². The van der Waals surface area contributed by atoms with Gasteiger partial charge >= 0.3 is 0 Å². The minimum atomic E-state index is -0.157. The number of likely N-dealkylation sites (tertiary alicyclic amines) is 1. The number of ketones is 1. The van der Waals surface area contributed by atoms with Crippen LogP contribution in [0.1, 0.15) is 33.6 Å². The highest BCUT2D eigenvalue weighted by Gasteiger charge is 2.29. The molecule has 1 aromatic carbocycles. The third-order valence-corrected chi connectivity index (χ3v) is 4.39. The number of carbonyl (C=O) groups is 2. The number of Topliss-reactive ketones (excluding diaryl/α,β-unsaturated/α-hetero) is 1. The van der Waals surface area contributed by atoms with Gasteiger partial charge in [-0.15, -0.1) is 0 Å². The summed E-state index contributed by atoms with van der Waals surface area (Å²) >= 11 is 5.87. The molecule has 2 heterocycles. The van der Waals surface area contributed by atoms with Crippen LogP contribution in [0.15, 0.2) is 48.8 Å². The van der Waals surface area contributed by atoms with E-state index >= 15 is 0 Å². The van der Waals surface area contributed by atoms with Gasteiger partial charge in [0.05, 0.1) is 0 Å². The highest BCUT2D eigenvalue weighted by Crippen LogP contribution is 2.23. The van der Waals surface area contributed by atoms with E-state index in [-0.39, 0.29) is 17.6 Å². The molecule has 0 bridgehead atoms. The lowest BCUT2D eigenvalue weighted by atomic mass is 9.89.